The van der Waals surface area contributed by atoms with E-state index in [0.29, 0.717) is 5.02 Å². The minimum Gasteiger partial charge on any atom is -0.370 e. The zero-order chi connectivity index (χ0) is 16.2. The van der Waals surface area contributed by atoms with Crippen LogP contribution in [0, 0.1) is 6.92 Å². The first kappa shape index (κ1) is 15.8. The summed E-state index contributed by atoms with van der Waals surface area (Å²) in [5.74, 6) is 0.925. The van der Waals surface area contributed by atoms with E-state index in [4.69, 9.17) is 16.6 Å². The molecule has 0 aliphatic carbocycles. The van der Waals surface area contributed by atoms with Crippen molar-refractivity contribution in [3.63, 3.8) is 0 Å². The van der Waals surface area contributed by atoms with Crippen molar-refractivity contribution in [1.82, 2.24) is 19.9 Å². The molecule has 0 amide bonds. The number of benzene rings is 1. The van der Waals surface area contributed by atoms with Gasteiger partial charge in [0, 0.05) is 28.8 Å². The third-order valence-corrected chi connectivity index (χ3v) is 4.04. The maximum Gasteiger partial charge on any atom is 0.160 e. The highest BCUT2D eigenvalue weighted by Gasteiger charge is 2.12. The predicted octanol–water partition coefficient (Wildman–Crippen LogP) is 3.38. The second kappa shape index (κ2) is 6.98. The first-order valence-electron chi connectivity index (χ1n) is 7.69. The quantitative estimate of drug-likeness (QED) is 0.681. The lowest BCUT2D eigenvalue weighted by Crippen LogP contribution is -2.14. The summed E-state index contributed by atoms with van der Waals surface area (Å²) in [6.07, 6.45) is 2.86. The van der Waals surface area contributed by atoms with Gasteiger partial charge in [-0.25, -0.2) is 4.98 Å². The Morgan fingerprint density at radius 3 is 2.83 bits per heavy atom. The molecule has 3 aromatic rings. The van der Waals surface area contributed by atoms with Crippen LogP contribution in [0.15, 0.2) is 36.5 Å². The lowest BCUT2D eigenvalue weighted by atomic mass is 10.1. The molecule has 6 heteroatoms. The molecule has 120 valence electrons. The standard InChI is InChI=1S/C17H20ClN5/c1-12-11-21-23-16(20-9-5-8-19-2)10-15(22-17(12)23)13-6-3-4-7-14(13)18/h3-4,6-7,10-11,19-20H,5,8-9H2,1-2H3. The minimum atomic E-state index is 0.697. The highest BCUT2D eigenvalue weighted by molar-refractivity contribution is 6.33. The maximum absolute atomic E-state index is 6.33. The SMILES string of the molecule is CNCCCNc1cc(-c2ccccc2Cl)nc2c(C)cnn12. The van der Waals surface area contributed by atoms with Gasteiger partial charge < -0.3 is 10.6 Å². The molecule has 0 atom stereocenters. The van der Waals surface area contributed by atoms with Crippen molar-refractivity contribution in [3.05, 3.63) is 47.1 Å². The predicted molar refractivity (Wildman–Crippen MR) is 95.2 cm³/mol. The molecule has 2 N–H and O–H groups in total. The topological polar surface area (TPSA) is 54.2 Å². The summed E-state index contributed by atoms with van der Waals surface area (Å²) in [6, 6.07) is 9.76. The van der Waals surface area contributed by atoms with E-state index in [0.717, 1.165) is 47.8 Å². The molecule has 0 radical (unpaired) electrons. The Hall–Kier alpha value is -2.11. The Labute approximate surface area is 140 Å². The van der Waals surface area contributed by atoms with Gasteiger partial charge >= 0.3 is 0 Å². The summed E-state index contributed by atoms with van der Waals surface area (Å²) in [7, 11) is 1.96. The van der Waals surface area contributed by atoms with Gasteiger partial charge in [0.05, 0.1) is 11.9 Å². The molecular weight excluding hydrogens is 310 g/mol. The smallest absolute Gasteiger partial charge is 0.160 e. The van der Waals surface area contributed by atoms with Crippen LogP contribution in [0.4, 0.5) is 5.82 Å². The molecule has 0 saturated heterocycles. The molecular formula is C17H20ClN5. The lowest BCUT2D eigenvalue weighted by molar-refractivity contribution is 0.744. The Balaban J connectivity index is 2.02. The van der Waals surface area contributed by atoms with Gasteiger partial charge in [0.25, 0.3) is 0 Å². The Morgan fingerprint density at radius 2 is 2.04 bits per heavy atom. The average Bonchev–Trinajstić information content (AvgIpc) is 2.93. The van der Waals surface area contributed by atoms with Crippen LogP contribution in [0.2, 0.25) is 5.02 Å². The third-order valence-electron chi connectivity index (χ3n) is 3.71. The van der Waals surface area contributed by atoms with Crippen LogP contribution in [-0.2, 0) is 0 Å². The van der Waals surface area contributed by atoms with E-state index in [1.54, 1.807) is 0 Å². The van der Waals surface area contributed by atoms with E-state index in [1.165, 1.54) is 0 Å². The fourth-order valence-electron chi connectivity index (χ4n) is 2.49. The number of anilines is 1. The number of halogens is 1. The highest BCUT2D eigenvalue weighted by atomic mass is 35.5. The van der Waals surface area contributed by atoms with Gasteiger partial charge in [-0.3, -0.25) is 0 Å². The van der Waals surface area contributed by atoms with Crippen LogP contribution in [0.3, 0.4) is 0 Å². The Morgan fingerprint density at radius 1 is 1.22 bits per heavy atom. The van der Waals surface area contributed by atoms with Crippen LogP contribution in [0.25, 0.3) is 16.9 Å². The molecule has 0 saturated carbocycles. The summed E-state index contributed by atoms with van der Waals surface area (Å²) < 4.78 is 1.84. The normalized spacial score (nSPS) is 11.1. The number of hydrogen-bond donors (Lipinski definition) is 2. The van der Waals surface area contributed by atoms with Crippen LogP contribution in [0.5, 0.6) is 0 Å². The number of rotatable bonds is 6. The monoisotopic (exact) mass is 329 g/mol. The number of aromatic nitrogens is 3. The number of nitrogens with zero attached hydrogens (tertiary/aromatic N) is 3. The van der Waals surface area contributed by atoms with E-state index >= 15 is 0 Å². The molecule has 0 bridgehead atoms. The lowest BCUT2D eigenvalue weighted by Gasteiger charge is -2.11. The molecule has 0 aliphatic rings. The van der Waals surface area contributed by atoms with Crippen LogP contribution >= 0.6 is 11.6 Å². The van der Waals surface area contributed by atoms with E-state index < -0.39 is 0 Å². The second-order valence-electron chi connectivity index (χ2n) is 5.45. The van der Waals surface area contributed by atoms with Crippen molar-refractivity contribution in [2.75, 3.05) is 25.5 Å². The average molecular weight is 330 g/mol. The van der Waals surface area contributed by atoms with Gasteiger partial charge in [0.2, 0.25) is 0 Å². The van der Waals surface area contributed by atoms with Gasteiger partial charge in [-0.05, 0) is 33.0 Å². The molecule has 23 heavy (non-hydrogen) atoms. The third kappa shape index (κ3) is 3.30. The number of aryl methyl sites for hydroxylation is 1. The molecule has 2 aromatic heterocycles. The molecule has 5 nitrogen and oxygen atoms in total. The van der Waals surface area contributed by atoms with Gasteiger partial charge in [-0.15, -0.1) is 0 Å². The first-order chi connectivity index (χ1) is 11.2. The molecule has 0 spiro atoms. The fourth-order valence-corrected chi connectivity index (χ4v) is 2.72. The van der Waals surface area contributed by atoms with Crippen molar-refractivity contribution in [3.8, 4) is 11.3 Å². The van der Waals surface area contributed by atoms with Gasteiger partial charge in [-0.1, -0.05) is 29.8 Å². The van der Waals surface area contributed by atoms with Gasteiger partial charge in [0.1, 0.15) is 5.82 Å². The van der Waals surface area contributed by atoms with Crippen LogP contribution in [-0.4, -0.2) is 34.7 Å². The van der Waals surface area contributed by atoms with Crippen molar-refractivity contribution in [2.45, 2.75) is 13.3 Å². The molecule has 0 aliphatic heterocycles. The molecule has 0 fully saturated rings. The van der Waals surface area contributed by atoms with Crippen molar-refractivity contribution in [2.24, 2.45) is 0 Å². The number of hydrogen-bond acceptors (Lipinski definition) is 4. The first-order valence-corrected chi connectivity index (χ1v) is 8.07. The van der Waals surface area contributed by atoms with E-state index in [2.05, 4.69) is 15.7 Å². The molecule has 2 heterocycles. The number of fused-ring (bicyclic) bond motifs is 1. The number of nitrogens with one attached hydrogen (secondary N) is 2. The maximum atomic E-state index is 6.33. The largest absolute Gasteiger partial charge is 0.370 e. The zero-order valence-electron chi connectivity index (χ0n) is 13.3. The van der Waals surface area contributed by atoms with Crippen molar-refractivity contribution >= 4 is 23.1 Å². The van der Waals surface area contributed by atoms with Crippen LogP contribution in [0.1, 0.15) is 12.0 Å². The molecule has 1 aromatic carbocycles. The van der Waals surface area contributed by atoms with E-state index in [1.807, 2.05) is 55.0 Å². The van der Waals surface area contributed by atoms with Crippen LogP contribution < -0.4 is 10.6 Å². The zero-order valence-corrected chi connectivity index (χ0v) is 14.1. The van der Waals surface area contributed by atoms with E-state index in [9.17, 15) is 0 Å². The minimum absolute atomic E-state index is 0.697. The fraction of sp³-hybridized carbons (Fsp3) is 0.294. The molecule has 3 rings (SSSR count). The second-order valence-corrected chi connectivity index (χ2v) is 5.86. The highest BCUT2D eigenvalue weighted by Crippen LogP contribution is 2.29. The van der Waals surface area contributed by atoms with E-state index in [-0.39, 0.29) is 0 Å². The van der Waals surface area contributed by atoms with Gasteiger partial charge in [-0.2, -0.15) is 9.61 Å². The summed E-state index contributed by atoms with van der Waals surface area (Å²) in [4.78, 5) is 4.73. The summed E-state index contributed by atoms with van der Waals surface area (Å²) in [5, 5.41) is 11.7. The summed E-state index contributed by atoms with van der Waals surface area (Å²) in [5.41, 5.74) is 3.66. The van der Waals surface area contributed by atoms with Gasteiger partial charge in [0.15, 0.2) is 5.65 Å². The Bertz CT molecular complexity index is 812. The van der Waals surface area contributed by atoms with Crippen molar-refractivity contribution in [1.29, 1.82) is 0 Å². The van der Waals surface area contributed by atoms with Crippen molar-refractivity contribution < 1.29 is 0 Å². The Kier molecular flexibility index (Phi) is 4.79. The molecule has 0 unspecified atom stereocenters. The summed E-state index contributed by atoms with van der Waals surface area (Å²) >= 11 is 6.33. The summed E-state index contributed by atoms with van der Waals surface area (Å²) in [6.45, 7) is 3.84.